The van der Waals surface area contributed by atoms with Crippen LogP contribution in [0.5, 0.6) is 0 Å². The standard InChI is InChI=1S/C24H26F3N7/c25-14-24(26,27)23(10-11-23)34-21-20-18(8-7-17(31-20)16-6-9-19(28)29-13-16)32-22(33-21)30-12-15-4-2-1-3-5-15/h2,4-8,13,19H,1,3,9-12,14,28H2,(H2,30,32,33,34). The van der Waals surface area contributed by atoms with Gasteiger partial charge >= 0.3 is 0 Å². The Morgan fingerprint density at radius 3 is 2.65 bits per heavy atom. The van der Waals surface area contributed by atoms with Gasteiger partial charge in [0.25, 0.3) is 5.92 Å². The number of aliphatic imine (C=N–C) groups is 1. The molecular weight excluding hydrogens is 443 g/mol. The summed E-state index contributed by atoms with van der Waals surface area (Å²) in [6.07, 6.45) is 12.4. The van der Waals surface area contributed by atoms with Crippen LogP contribution in [0, 0.1) is 0 Å². The molecule has 0 bridgehead atoms. The summed E-state index contributed by atoms with van der Waals surface area (Å²) in [6, 6.07) is 3.57. The Bertz CT molecular complexity index is 1210. The van der Waals surface area contributed by atoms with Crippen molar-refractivity contribution in [3.8, 4) is 0 Å². The van der Waals surface area contributed by atoms with Crippen molar-refractivity contribution in [3.05, 3.63) is 47.7 Å². The highest BCUT2D eigenvalue weighted by atomic mass is 19.3. The molecule has 7 nitrogen and oxygen atoms in total. The zero-order valence-electron chi connectivity index (χ0n) is 18.6. The fraction of sp³-hybridized carbons (Fsp3) is 0.417. The zero-order chi connectivity index (χ0) is 23.8. The fourth-order valence-corrected chi connectivity index (χ4v) is 4.09. The number of alkyl halides is 3. The molecule has 34 heavy (non-hydrogen) atoms. The number of nitrogens with one attached hydrogen (secondary N) is 2. The van der Waals surface area contributed by atoms with Gasteiger partial charge in [-0.05, 0) is 43.4 Å². The van der Waals surface area contributed by atoms with Crippen LogP contribution >= 0.6 is 0 Å². The van der Waals surface area contributed by atoms with E-state index in [2.05, 4.69) is 42.7 Å². The van der Waals surface area contributed by atoms with E-state index < -0.39 is 18.1 Å². The summed E-state index contributed by atoms with van der Waals surface area (Å²) in [5.41, 5.74) is 7.45. The summed E-state index contributed by atoms with van der Waals surface area (Å²) in [5, 5.41) is 6.00. The van der Waals surface area contributed by atoms with Gasteiger partial charge in [0.1, 0.15) is 17.2 Å². The highest BCUT2D eigenvalue weighted by Gasteiger charge is 2.62. The molecule has 178 valence electrons. The van der Waals surface area contributed by atoms with Crippen LogP contribution in [0.1, 0.15) is 37.8 Å². The highest BCUT2D eigenvalue weighted by Crippen LogP contribution is 2.51. The molecule has 2 aliphatic carbocycles. The van der Waals surface area contributed by atoms with E-state index in [9.17, 15) is 13.2 Å². The molecule has 0 spiro atoms. The SMILES string of the molecule is NC1CC=C(c2ccc3nc(NCC4=CCCC=C4)nc(NC4(C(F)(F)CF)CC4)c3n2)C=N1. The van der Waals surface area contributed by atoms with Gasteiger partial charge in [-0.1, -0.05) is 24.3 Å². The van der Waals surface area contributed by atoms with Gasteiger partial charge in [-0.15, -0.1) is 0 Å². The van der Waals surface area contributed by atoms with Crippen molar-refractivity contribution in [1.29, 1.82) is 0 Å². The molecule has 2 aromatic rings. The van der Waals surface area contributed by atoms with Crippen LogP contribution in [0.3, 0.4) is 0 Å². The van der Waals surface area contributed by atoms with Crippen LogP contribution in [0.15, 0.2) is 47.0 Å². The highest BCUT2D eigenvalue weighted by molar-refractivity contribution is 6.10. The Morgan fingerprint density at radius 1 is 1.12 bits per heavy atom. The molecule has 3 aliphatic rings. The smallest absolute Gasteiger partial charge is 0.298 e. The Hall–Kier alpha value is -3.27. The molecule has 0 amide bonds. The number of nitrogens with zero attached hydrogens (tertiary/aromatic N) is 4. The fourth-order valence-electron chi connectivity index (χ4n) is 4.09. The number of rotatable bonds is 8. The Balaban J connectivity index is 1.51. The lowest BCUT2D eigenvalue weighted by atomic mass is 10.1. The number of hydrogen-bond donors (Lipinski definition) is 3. The van der Waals surface area contributed by atoms with Gasteiger partial charge < -0.3 is 16.4 Å². The van der Waals surface area contributed by atoms with Crippen molar-refractivity contribution in [2.75, 3.05) is 23.9 Å². The molecule has 5 rings (SSSR count). The second-order valence-corrected chi connectivity index (χ2v) is 8.86. The maximum atomic E-state index is 14.4. The summed E-state index contributed by atoms with van der Waals surface area (Å²) in [4.78, 5) is 17.9. The molecule has 4 N–H and O–H groups in total. The average molecular weight is 470 g/mol. The second kappa shape index (κ2) is 8.83. The van der Waals surface area contributed by atoms with E-state index in [0.717, 1.165) is 24.0 Å². The number of halogens is 3. The van der Waals surface area contributed by atoms with Crippen LogP contribution in [0.25, 0.3) is 16.6 Å². The Kier molecular flexibility index (Phi) is 5.85. The van der Waals surface area contributed by atoms with Gasteiger partial charge in [-0.25, -0.2) is 23.1 Å². The molecule has 0 radical (unpaired) electrons. The summed E-state index contributed by atoms with van der Waals surface area (Å²) in [5.74, 6) is -3.08. The number of aromatic nitrogens is 3. The predicted octanol–water partition coefficient (Wildman–Crippen LogP) is 4.41. The number of nitrogens with two attached hydrogens (primary N) is 1. The van der Waals surface area contributed by atoms with Gasteiger partial charge in [-0.2, -0.15) is 4.98 Å². The van der Waals surface area contributed by atoms with Gasteiger partial charge in [0.15, 0.2) is 12.5 Å². The van der Waals surface area contributed by atoms with Gasteiger partial charge in [0.05, 0.1) is 11.2 Å². The van der Waals surface area contributed by atoms with Crippen LogP contribution in [-0.2, 0) is 0 Å². The van der Waals surface area contributed by atoms with Gasteiger partial charge in [-0.3, -0.25) is 4.99 Å². The first-order valence-corrected chi connectivity index (χ1v) is 11.4. The molecule has 0 aromatic carbocycles. The number of anilines is 2. The Labute approximate surface area is 195 Å². The predicted molar refractivity (Wildman–Crippen MR) is 128 cm³/mol. The van der Waals surface area contributed by atoms with E-state index in [4.69, 9.17) is 5.73 Å². The van der Waals surface area contributed by atoms with Crippen molar-refractivity contribution in [3.63, 3.8) is 0 Å². The normalized spacial score (nSPS) is 21.2. The third-order valence-electron chi connectivity index (χ3n) is 6.32. The molecule has 1 aliphatic heterocycles. The molecule has 1 saturated carbocycles. The lowest BCUT2D eigenvalue weighted by molar-refractivity contribution is -0.0488. The number of pyridine rings is 1. The summed E-state index contributed by atoms with van der Waals surface area (Å²) in [7, 11) is 0. The van der Waals surface area contributed by atoms with E-state index in [0.29, 0.717) is 29.7 Å². The molecule has 1 atom stereocenters. The first-order valence-electron chi connectivity index (χ1n) is 11.4. The first kappa shape index (κ1) is 22.5. The summed E-state index contributed by atoms with van der Waals surface area (Å²) >= 11 is 0. The molecule has 0 saturated heterocycles. The number of allylic oxidation sites excluding steroid dienone is 3. The van der Waals surface area contributed by atoms with E-state index in [1.165, 1.54) is 0 Å². The van der Waals surface area contributed by atoms with Crippen molar-refractivity contribution in [2.24, 2.45) is 10.7 Å². The van der Waals surface area contributed by atoms with Crippen molar-refractivity contribution >= 4 is 34.6 Å². The average Bonchev–Trinajstić information content (AvgIpc) is 3.65. The van der Waals surface area contributed by atoms with E-state index in [-0.39, 0.29) is 30.8 Å². The van der Waals surface area contributed by atoms with Crippen molar-refractivity contribution in [1.82, 2.24) is 15.0 Å². The van der Waals surface area contributed by atoms with Gasteiger partial charge in [0, 0.05) is 24.8 Å². The molecule has 2 aromatic heterocycles. The molecule has 1 fully saturated rings. The van der Waals surface area contributed by atoms with E-state index in [1.807, 2.05) is 12.2 Å². The largest absolute Gasteiger partial charge is 0.357 e. The topological polar surface area (TPSA) is 101 Å². The third kappa shape index (κ3) is 4.42. The zero-order valence-corrected chi connectivity index (χ0v) is 18.6. The van der Waals surface area contributed by atoms with Crippen LogP contribution < -0.4 is 16.4 Å². The van der Waals surface area contributed by atoms with Gasteiger partial charge in [0.2, 0.25) is 5.95 Å². The third-order valence-corrected chi connectivity index (χ3v) is 6.32. The van der Waals surface area contributed by atoms with Crippen molar-refractivity contribution < 1.29 is 13.2 Å². The van der Waals surface area contributed by atoms with E-state index >= 15 is 0 Å². The van der Waals surface area contributed by atoms with Crippen molar-refractivity contribution in [2.45, 2.75) is 49.7 Å². The first-order chi connectivity index (χ1) is 16.4. The van der Waals surface area contributed by atoms with Crippen LogP contribution in [0.2, 0.25) is 0 Å². The number of dihydropyridines is 1. The lowest BCUT2D eigenvalue weighted by Gasteiger charge is -2.26. The second-order valence-electron chi connectivity index (χ2n) is 8.86. The maximum Gasteiger partial charge on any atom is 0.298 e. The Morgan fingerprint density at radius 2 is 1.97 bits per heavy atom. The molecule has 3 heterocycles. The number of fused-ring (bicyclic) bond motifs is 1. The minimum Gasteiger partial charge on any atom is -0.357 e. The maximum absolute atomic E-state index is 14.4. The minimum absolute atomic E-state index is 0.144. The minimum atomic E-state index is -3.51. The lowest BCUT2D eigenvalue weighted by Crippen LogP contribution is -2.44. The van der Waals surface area contributed by atoms with E-state index in [1.54, 1.807) is 18.3 Å². The quantitative estimate of drug-likeness (QED) is 0.530. The van der Waals surface area contributed by atoms with Crippen LogP contribution in [0.4, 0.5) is 24.9 Å². The molecule has 1 unspecified atom stereocenters. The number of hydrogen-bond acceptors (Lipinski definition) is 7. The molecule has 10 heteroatoms. The summed E-state index contributed by atoms with van der Waals surface area (Å²) in [6.45, 7) is -1.24. The molecular formula is C24H26F3N7. The summed E-state index contributed by atoms with van der Waals surface area (Å²) < 4.78 is 42.0. The monoisotopic (exact) mass is 469 g/mol. The van der Waals surface area contributed by atoms with Crippen LogP contribution in [-0.4, -0.2) is 52.0 Å².